The number of carbonyl (C=O) groups is 1. The average molecular weight is 393 g/mol. The average Bonchev–Trinajstić information content (AvgIpc) is 2.71. The number of carbonyl (C=O) groups excluding carboxylic acids is 1. The van der Waals surface area contributed by atoms with Crippen molar-refractivity contribution in [3.63, 3.8) is 0 Å². The zero-order chi connectivity index (χ0) is 19.5. The van der Waals surface area contributed by atoms with E-state index < -0.39 is 0 Å². The van der Waals surface area contributed by atoms with Crippen LogP contribution in [0.15, 0.2) is 47.8 Å². The molecule has 144 valence electrons. The molecule has 0 saturated carbocycles. The summed E-state index contributed by atoms with van der Waals surface area (Å²) in [5.41, 5.74) is 3.01. The van der Waals surface area contributed by atoms with Crippen molar-refractivity contribution in [3.8, 4) is 0 Å². The Kier molecular flexibility index (Phi) is 5.57. The second-order valence-electron chi connectivity index (χ2n) is 7.33. The highest BCUT2D eigenvalue weighted by Gasteiger charge is 2.25. The van der Waals surface area contributed by atoms with Gasteiger partial charge in [-0.1, -0.05) is 36.0 Å². The Labute approximate surface area is 169 Å². The molecule has 6 heteroatoms. The predicted molar refractivity (Wildman–Crippen MR) is 113 cm³/mol. The molecule has 1 amide bonds. The molecule has 3 aromatic rings. The predicted octanol–water partition coefficient (Wildman–Crippen LogP) is 4.14. The summed E-state index contributed by atoms with van der Waals surface area (Å²) in [5.74, 6) is 0.976. The van der Waals surface area contributed by atoms with Crippen molar-refractivity contribution in [2.24, 2.45) is 0 Å². The molecule has 0 atom stereocenters. The van der Waals surface area contributed by atoms with Gasteiger partial charge < -0.3 is 4.90 Å². The van der Waals surface area contributed by atoms with Crippen LogP contribution >= 0.6 is 11.8 Å². The summed E-state index contributed by atoms with van der Waals surface area (Å²) in [6.07, 6.45) is 3.88. The van der Waals surface area contributed by atoms with Gasteiger partial charge in [-0.2, -0.15) is 0 Å². The molecule has 0 bridgehead atoms. The van der Waals surface area contributed by atoms with Crippen molar-refractivity contribution in [2.75, 3.05) is 18.8 Å². The fourth-order valence-corrected chi connectivity index (χ4v) is 4.58. The Bertz CT molecular complexity index is 978. The quantitative estimate of drug-likeness (QED) is 0.493. The molecule has 1 aliphatic heterocycles. The number of amides is 1. The van der Waals surface area contributed by atoms with Crippen molar-refractivity contribution in [1.82, 2.24) is 19.9 Å². The van der Waals surface area contributed by atoms with Crippen LogP contribution in [0.4, 0.5) is 0 Å². The second kappa shape index (κ2) is 8.27. The van der Waals surface area contributed by atoms with Crippen LogP contribution < -0.4 is 0 Å². The Morgan fingerprint density at radius 1 is 1.07 bits per heavy atom. The van der Waals surface area contributed by atoms with Gasteiger partial charge in [0.15, 0.2) is 5.16 Å². The van der Waals surface area contributed by atoms with E-state index in [2.05, 4.69) is 39.2 Å². The molecule has 1 aliphatic rings. The summed E-state index contributed by atoms with van der Waals surface area (Å²) < 4.78 is 0. The summed E-state index contributed by atoms with van der Waals surface area (Å²) in [6, 6.07) is 12.5. The van der Waals surface area contributed by atoms with Crippen LogP contribution in [0.3, 0.4) is 0 Å². The number of rotatable bonds is 4. The number of nitrogens with zero attached hydrogens (tertiary/aromatic N) is 4. The lowest BCUT2D eigenvalue weighted by atomic mass is 9.92. The third-order valence-electron chi connectivity index (χ3n) is 5.20. The van der Waals surface area contributed by atoms with E-state index in [1.807, 2.05) is 37.1 Å². The zero-order valence-electron chi connectivity index (χ0n) is 16.3. The van der Waals surface area contributed by atoms with E-state index >= 15 is 0 Å². The van der Waals surface area contributed by atoms with Gasteiger partial charge in [-0.25, -0.2) is 9.97 Å². The van der Waals surface area contributed by atoms with Crippen LogP contribution in [0, 0.1) is 13.8 Å². The van der Waals surface area contributed by atoms with Crippen LogP contribution in [0.5, 0.6) is 0 Å². The molecular weight excluding hydrogens is 368 g/mol. The Morgan fingerprint density at radius 2 is 1.75 bits per heavy atom. The van der Waals surface area contributed by atoms with Crippen LogP contribution in [0.1, 0.15) is 35.8 Å². The summed E-state index contributed by atoms with van der Waals surface area (Å²) in [4.78, 5) is 28.0. The molecule has 0 spiro atoms. The maximum absolute atomic E-state index is 12.6. The standard InChI is InChI=1S/C22H24N4OS/c1-15-11-16(2)25-22(24-15)28-14-21(27)26-9-7-17(8-10-26)20-12-18-5-3-4-6-19(18)13-23-20/h3-6,11-13,17H,7-10,14H2,1-2H3. The van der Waals surface area contributed by atoms with Gasteiger partial charge in [0, 0.05) is 47.7 Å². The number of fused-ring (bicyclic) bond motifs is 1. The number of piperidine rings is 1. The van der Waals surface area contributed by atoms with Crippen LogP contribution in [0.2, 0.25) is 0 Å². The zero-order valence-corrected chi connectivity index (χ0v) is 17.1. The molecule has 1 aromatic carbocycles. The minimum absolute atomic E-state index is 0.165. The summed E-state index contributed by atoms with van der Waals surface area (Å²) >= 11 is 1.42. The lowest BCUT2D eigenvalue weighted by molar-refractivity contribution is -0.129. The van der Waals surface area contributed by atoms with Gasteiger partial charge in [0.1, 0.15) is 0 Å². The molecular formula is C22H24N4OS. The van der Waals surface area contributed by atoms with Gasteiger partial charge in [-0.3, -0.25) is 9.78 Å². The molecule has 1 fully saturated rings. The molecule has 28 heavy (non-hydrogen) atoms. The molecule has 0 aliphatic carbocycles. The van der Waals surface area contributed by atoms with Crippen molar-refractivity contribution in [1.29, 1.82) is 0 Å². The van der Waals surface area contributed by atoms with Gasteiger partial charge >= 0.3 is 0 Å². The Hall–Kier alpha value is -2.47. The number of hydrogen-bond acceptors (Lipinski definition) is 5. The van der Waals surface area contributed by atoms with Crippen molar-refractivity contribution >= 4 is 28.4 Å². The highest BCUT2D eigenvalue weighted by Crippen LogP contribution is 2.29. The lowest BCUT2D eigenvalue weighted by Crippen LogP contribution is -2.39. The molecule has 0 N–H and O–H groups in total. The molecule has 5 nitrogen and oxygen atoms in total. The highest BCUT2D eigenvalue weighted by molar-refractivity contribution is 7.99. The number of aromatic nitrogens is 3. The van der Waals surface area contributed by atoms with Crippen LogP contribution in [-0.4, -0.2) is 44.6 Å². The number of thioether (sulfide) groups is 1. The molecule has 0 unspecified atom stereocenters. The molecule has 0 radical (unpaired) electrons. The van der Waals surface area contributed by atoms with Crippen molar-refractivity contribution < 1.29 is 4.79 Å². The fraction of sp³-hybridized carbons (Fsp3) is 0.364. The minimum Gasteiger partial charge on any atom is -0.342 e. The maximum Gasteiger partial charge on any atom is 0.233 e. The van der Waals surface area contributed by atoms with E-state index in [1.54, 1.807) is 0 Å². The molecule has 3 heterocycles. The summed E-state index contributed by atoms with van der Waals surface area (Å²) in [5, 5.41) is 3.08. The van der Waals surface area contributed by atoms with E-state index in [0.29, 0.717) is 16.8 Å². The van der Waals surface area contributed by atoms with Crippen LogP contribution in [-0.2, 0) is 4.79 Å². The molecule has 2 aromatic heterocycles. The molecule has 1 saturated heterocycles. The first kappa shape index (κ1) is 18.9. The largest absolute Gasteiger partial charge is 0.342 e. The fourth-order valence-electron chi connectivity index (χ4n) is 3.72. The normalized spacial score (nSPS) is 15.1. The first-order chi connectivity index (χ1) is 13.6. The second-order valence-corrected chi connectivity index (χ2v) is 8.28. The van der Waals surface area contributed by atoms with Gasteiger partial charge in [0.25, 0.3) is 0 Å². The number of benzene rings is 1. The first-order valence-electron chi connectivity index (χ1n) is 9.66. The third kappa shape index (κ3) is 4.33. The SMILES string of the molecule is Cc1cc(C)nc(SCC(=O)N2CCC(c3cc4ccccc4cn3)CC2)n1. The van der Waals surface area contributed by atoms with E-state index in [-0.39, 0.29) is 5.91 Å². The van der Waals surface area contributed by atoms with E-state index in [1.165, 1.54) is 22.5 Å². The van der Waals surface area contributed by atoms with Gasteiger partial charge in [-0.05, 0) is 44.2 Å². The number of aryl methyl sites for hydroxylation is 2. The first-order valence-corrected chi connectivity index (χ1v) is 10.6. The third-order valence-corrected chi connectivity index (χ3v) is 6.04. The molecule has 4 rings (SSSR count). The maximum atomic E-state index is 12.6. The van der Waals surface area contributed by atoms with Crippen LogP contribution in [0.25, 0.3) is 10.8 Å². The van der Waals surface area contributed by atoms with Crippen molar-refractivity contribution in [3.05, 3.63) is 59.7 Å². The lowest BCUT2D eigenvalue weighted by Gasteiger charge is -2.31. The Balaban J connectivity index is 1.33. The van der Waals surface area contributed by atoms with Gasteiger partial charge in [0.05, 0.1) is 5.75 Å². The number of pyridine rings is 1. The van der Waals surface area contributed by atoms with Crippen molar-refractivity contribution in [2.45, 2.75) is 37.8 Å². The minimum atomic E-state index is 0.165. The Morgan fingerprint density at radius 3 is 2.46 bits per heavy atom. The summed E-state index contributed by atoms with van der Waals surface area (Å²) in [7, 11) is 0. The monoisotopic (exact) mass is 392 g/mol. The highest BCUT2D eigenvalue weighted by atomic mass is 32.2. The number of hydrogen-bond donors (Lipinski definition) is 0. The van der Waals surface area contributed by atoms with Gasteiger partial charge in [0.2, 0.25) is 5.91 Å². The van der Waals surface area contributed by atoms with E-state index in [9.17, 15) is 4.79 Å². The van der Waals surface area contributed by atoms with E-state index in [0.717, 1.165) is 43.0 Å². The van der Waals surface area contributed by atoms with Gasteiger partial charge in [-0.15, -0.1) is 0 Å². The summed E-state index contributed by atoms with van der Waals surface area (Å²) in [6.45, 7) is 5.47. The smallest absolute Gasteiger partial charge is 0.233 e. The van der Waals surface area contributed by atoms with E-state index in [4.69, 9.17) is 0 Å². The number of likely N-dealkylation sites (tertiary alicyclic amines) is 1. The topological polar surface area (TPSA) is 59.0 Å².